The summed E-state index contributed by atoms with van der Waals surface area (Å²) >= 11 is 6.12. The van der Waals surface area contributed by atoms with Crippen molar-refractivity contribution in [3.63, 3.8) is 0 Å². The second kappa shape index (κ2) is 7.20. The molecule has 0 aliphatic heterocycles. The first kappa shape index (κ1) is 15.5. The molecular formula is C16H17ClN2O2. The van der Waals surface area contributed by atoms with E-state index in [9.17, 15) is 10.1 Å². The number of rotatable bonds is 6. The van der Waals surface area contributed by atoms with Gasteiger partial charge in [-0.15, -0.1) is 0 Å². The summed E-state index contributed by atoms with van der Waals surface area (Å²) in [6.45, 7) is 0. The molecule has 0 saturated heterocycles. The molecule has 110 valence electrons. The smallest absolute Gasteiger partial charge is 0.274 e. The van der Waals surface area contributed by atoms with Crippen molar-refractivity contribution in [2.75, 3.05) is 7.05 Å². The van der Waals surface area contributed by atoms with Crippen molar-refractivity contribution in [1.29, 1.82) is 0 Å². The van der Waals surface area contributed by atoms with Crippen molar-refractivity contribution in [2.24, 2.45) is 0 Å². The predicted molar refractivity (Wildman–Crippen MR) is 84.7 cm³/mol. The highest BCUT2D eigenvalue weighted by Crippen LogP contribution is 2.29. The molecule has 2 aromatic carbocycles. The molecule has 0 heterocycles. The van der Waals surface area contributed by atoms with Crippen LogP contribution >= 0.6 is 11.6 Å². The highest BCUT2D eigenvalue weighted by Gasteiger charge is 2.18. The zero-order chi connectivity index (χ0) is 15.2. The van der Waals surface area contributed by atoms with Crippen LogP contribution in [0.1, 0.15) is 23.6 Å². The first-order valence-electron chi connectivity index (χ1n) is 6.77. The Kier molecular flexibility index (Phi) is 5.31. The minimum atomic E-state index is -0.377. The van der Waals surface area contributed by atoms with Crippen LogP contribution in [0.5, 0.6) is 0 Å². The van der Waals surface area contributed by atoms with E-state index in [-0.39, 0.29) is 16.7 Å². The molecule has 21 heavy (non-hydrogen) atoms. The van der Waals surface area contributed by atoms with Crippen LogP contribution < -0.4 is 5.32 Å². The number of hydrogen-bond donors (Lipinski definition) is 1. The van der Waals surface area contributed by atoms with Gasteiger partial charge in [0.25, 0.3) is 5.69 Å². The maximum atomic E-state index is 11.1. The summed E-state index contributed by atoms with van der Waals surface area (Å²) in [5.74, 6) is 0. The van der Waals surface area contributed by atoms with E-state index < -0.39 is 0 Å². The Morgan fingerprint density at radius 3 is 2.52 bits per heavy atom. The number of benzene rings is 2. The monoisotopic (exact) mass is 304 g/mol. The summed E-state index contributed by atoms with van der Waals surface area (Å²) in [5.41, 5.74) is 1.85. The van der Waals surface area contributed by atoms with E-state index in [1.54, 1.807) is 12.1 Å². The van der Waals surface area contributed by atoms with E-state index in [1.807, 2.05) is 37.4 Å². The number of nitro benzene ring substituents is 1. The van der Waals surface area contributed by atoms with Crippen LogP contribution in [0.3, 0.4) is 0 Å². The van der Waals surface area contributed by atoms with Gasteiger partial charge in [-0.05, 0) is 31.5 Å². The molecule has 0 aliphatic rings. The predicted octanol–water partition coefficient (Wildman–Crippen LogP) is 4.14. The molecule has 0 spiro atoms. The van der Waals surface area contributed by atoms with E-state index in [2.05, 4.69) is 5.32 Å². The molecule has 5 heteroatoms. The van der Waals surface area contributed by atoms with E-state index in [4.69, 9.17) is 11.6 Å². The van der Waals surface area contributed by atoms with Crippen LogP contribution in [-0.2, 0) is 6.42 Å². The molecule has 1 unspecified atom stereocenters. The highest BCUT2D eigenvalue weighted by molar-refractivity contribution is 6.31. The third-order valence-corrected chi connectivity index (χ3v) is 3.88. The summed E-state index contributed by atoms with van der Waals surface area (Å²) in [6, 6.07) is 15.0. The molecule has 0 saturated carbocycles. The third-order valence-electron chi connectivity index (χ3n) is 3.52. The Labute approximate surface area is 128 Å². The summed E-state index contributed by atoms with van der Waals surface area (Å²) in [7, 11) is 1.89. The van der Waals surface area contributed by atoms with Gasteiger partial charge in [0.1, 0.15) is 0 Å². The first-order chi connectivity index (χ1) is 10.1. The molecule has 0 amide bonds. The van der Waals surface area contributed by atoms with E-state index >= 15 is 0 Å². The quantitative estimate of drug-likeness (QED) is 0.644. The van der Waals surface area contributed by atoms with Crippen LogP contribution in [0.2, 0.25) is 5.02 Å². The van der Waals surface area contributed by atoms with Gasteiger partial charge < -0.3 is 5.32 Å². The Morgan fingerprint density at radius 1 is 1.19 bits per heavy atom. The average molecular weight is 305 g/mol. The van der Waals surface area contributed by atoms with Crippen LogP contribution in [0.15, 0.2) is 48.5 Å². The average Bonchev–Trinajstić information content (AvgIpc) is 2.50. The van der Waals surface area contributed by atoms with E-state index in [0.29, 0.717) is 17.0 Å². The van der Waals surface area contributed by atoms with Gasteiger partial charge >= 0.3 is 0 Å². The van der Waals surface area contributed by atoms with Crippen LogP contribution in [0.4, 0.5) is 5.69 Å². The molecule has 0 fully saturated rings. The Balaban J connectivity index is 2.17. The standard InChI is InChI=1S/C16H17ClN2O2/c1-18-15(12-6-3-2-4-7-12)11-10-13-14(17)8-5-9-16(13)19(20)21/h2-9,15,18H,10-11H2,1H3. The Morgan fingerprint density at radius 2 is 1.90 bits per heavy atom. The lowest BCUT2D eigenvalue weighted by Gasteiger charge is -2.17. The fraction of sp³-hybridized carbons (Fsp3) is 0.250. The fourth-order valence-corrected chi connectivity index (χ4v) is 2.68. The van der Waals surface area contributed by atoms with Crippen molar-refractivity contribution in [2.45, 2.75) is 18.9 Å². The molecule has 1 N–H and O–H groups in total. The molecule has 4 nitrogen and oxygen atoms in total. The minimum Gasteiger partial charge on any atom is -0.313 e. The first-order valence-corrected chi connectivity index (χ1v) is 7.15. The summed E-state index contributed by atoms with van der Waals surface area (Å²) in [4.78, 5) is 10.7. The van der Waals surface area contributed by atoms with Gasteiger partial charge in [0.2, 0.25) is 0 Å². The van der Waals surface area contributed by atoms with Gasteiger partial charge in [-0.3, -0.25) is 10.1 Å². The number of nitrogens with zero attached hydrogens (tertiary/aromatic N) is 1. The molecule has 1 atom stereocenters. The maximum absolute atomic E-state index is 11.1. The van der Waals surface area contributed by atoms with Crippen LogP contribution in [-0.4, -0.2) is 12.0 Å². The normalized spacial score (nSPS) is 12.1. The second-order valence-corrected chi connectivity index (χ2v) is 5.19. The van der Waals surface area contributed by atoms with Gasteiger partial charge in [0.05, 0.1) is 9.95 Å². The number of hydrogen-bond acceptors (Lipinski definition) is 3. The number of nitro groups is 1. The van der Waals surface area contributed by atoms with Gasteiger partial charge in [0, 0.05) is 17.7 Å². The second-order valence-electron chi connectivity index (χ2n) is 4.79. The molecular weight excluding hydrogens is 288 g/mol. The maximum Gasteiger partial charge on any atom is 0.274 e. The van der Waals surface area contributed by atoms with Crippen molar-refractivity contribution in [3.05, 3.63) is 74.8 Å². The largest absolute Gasteiger partial charge is 0.313 e. The summed E-state index contributed by atoms with van der Waals surface area (Å²) in [5, 5.41) is 14.8. The van der Waals surface area contributed by atoms with Crippen molar-refractivity contribution in [3.8, 4) is 0 Å². The Bertz CT molecular complexity index is 617. The van der Waals surface area contributed by atoms with Crippen molar-refractivity contribution in [1.82, 2.24) is 5.32 Å². The SMILES string of the molecule is CNC(CCc1c(Cl)cccc1[N+](=O)[O-])c1ccccc1. The summed E-state index contributed by atoms with van der Waals surface area (Å²) < 4.78 is 0. The molecule has 2 aromatic rings. The van der Waals surface area contributed by atoms with Gasteiger partial charge in [-0.25, -0.2) is 0 Å². The lowest BCUT2D eigenvalue weighted by molar-refractivity contribution is -0.385. The fourth-order valence-electron chi connectivity index (χ4n) is 2.42. The Hall–Kier alpha value is -1.91. The van der Waals surface area contributed by atoms with E-state index in [1.165, 1.54) is 6.07 Å². The number of nitrogens with one attached hydrogen (secondary N) is 1. The molecule has 0 aliphatic carbocycles. The lowest BCUT2D eigenvalue weighted by atomic mass is 9.98. The molecule has 0 bridgehead atoms. The third kappa shape index (κ3) is 3.80. The molecule has 0 aromatic heterocycles. The molecule has 2 rings (SSSR count). The lowest BCUT2D eigenvalue weighted by Crippen LogP contribution is -2.17. The topological polar surface area (TPSA) is 55.2 Å². The van der Waals surface area contributed by atoms with Crippen LogP contribution in [0, 0.1) is 10.1 Å². The zero-order valence-electron chi connectivity index (χ0n) is 11.8. The minimum absolute atomic E-state index is 0.0883. The van der Waals surface area contributed by atoms with Crippen molar-refractivity contribution >= 4 is 17.3 Å². The molecule has 0 radical (unpaired) electrons. The highest BCUT2D eigenvalue weighted by atomic mass is 35.5. The van der Waals surface area contributed by atoms with Gasteiger partial charge in [-0.2, -0.15) is 0 Å². The van der Waals surface area contributed by atoms with Gasteiger partial charge in [0.15, 0.2) is 0 Å². The van der Waals surface area contributed by atoms with Crippen LogP contribution in [0.25, 0.3) is 0 Å². The number of halogens is 1. The zero-order valence-corrected chi connectivity index (χ0v) is 12.5. The summed E-state index contributed by atoms with van der Waals surface area (Å²) in [6.07, 6.45) is 1.29. The van der Waals surface area contributed by atoms with Gasteiger partial charge in [-0.1, -0.05) is 48.0 Å². The van der Waals surface area contributed by atoms with Crippen molar-refractivity contribution < 1.29 is 4.92 Å². The van der Waals surface area contributed by atoms with E-state index in [0.717, 1.165) is 12.0 Å².